The van der Waals surface area contributed by atoms with E-state index in [0.717, 1.165) is 15.2 Å². The van der Waals surface area contributed by atoms with Crippen LogP contribution < -0.4 is 0 Å². The fraction of sp³-hybridized carbons (Fsp3) is 0.438. The third-order valence-electron chi connectivity index (χ3n) is 4.06. The summed E-state index contributed by atoms with van der Waals surface area (Å²) < 4.78 is 43.8. The van der Waals surface area contributed by atoms with Crippen molar-refractivity contribution in [3.8, 4) is 0 Å². The van der Waals surface area contributed by atoms with Crippen LogP contribution in [0.4, 0.5) is 13.2 Å². The van der Waals surface area contributed by atoms with Gasteiger partial charge in [0.25, 0.3) is 0 Å². The molecule has 126 valence electrons. The number of benzene rings is 1. The molecule has 1 aromatic rings. The van der Waals surface area contributed by atoms with Crippen LogP contribution in [-0.4, -0.2) is 12.1 Å². The van der Waals surface area contributed by atoms with E-state index >= 15 is 0 Å². The highest BCUT2D eigenvalue weighted by Gasteiger charge is 2.62. The monoisotopic (exact) mass is 458 g/mol. The lowest BCUT2D eigenvalue weighted by Gasteiger charge is -2.06. The molecule has 7 heteroatoms. The van der Waals surface area contributed by atoms with E-state index in [2.05, 4.69) is 22.6 Å². The topological polar surface area (TPSA) is 26.3 Å². The van der Waals surface area contributed by atoms with Crippen LogP contribution in [0.3, 0.4) is 0 Å². The SMILES string of the molecule is CC1(C)[C@H](/C=C(\Cl)C(F)(F)F)[C@@H]1C(=O)OCc1ccc(I)cc1. The molecule has 0 unspecified atom stereocenters. The molecule has 1 aliphatic carbocycles. The van der Waals surface area contributed by atoms with Crippen LogP contribution in [0.15, 0.2) is 35.4 Å². The molecule has 23 heavy (non-hydrogen) atoms. The van der Waals surface area contributed by atoms with Crippen LogP contribution in [0.25, 0.3) is 0 Å². The van der Waals surface area contributed by atoms with Crippen LogP contribution in [0.5, 0.6) is 0 Å². The zero-order valence-electron chi connectivity index (χ0n) is 12.5. The van der Waals surface area contributed by atoms with Gasteiger partial charge in [0.1, 0.15) is 11.6 Å². The van der Waals surface area contributed by atoms with Crippen LogP contribution in [-0.2, 0) is 16.1 Å². The molecule has 0 heterocycles. The molecule has 1 aliphatic rings. The second-order valence-electron chi connectivity index (χ2n) is 6.07. The Bertz CT molecular complexity index is 623. The van der Waals surface area contributed by atoms with Gasteiger partial charge in [-0.15, -0.1) is 0 Å². The first-order valence-electron chi connectivity index (χ1n) is 6.89. The number of carbonyl (C=O) groups excluding carboxylic acids is 1. The molecular formula is C16H15ClF3IO2. The molecular weight excluding hydrogens is 444 g/mol. The molecule has 0 aromatic heterocycles. The molecule has 1 aromatic carbocycles. The van der Waals surface area contributed by atoms with E-state index in [1.54, 1.807) is 13.8 Å². The number of carbonyl (C=O) groups is 1. The number of alkyl halides is 3. The molecule has 0 spiro atoms. The molecule has 1 fully saturated rings. The molecule has 0 aliphatic heterocycles. The third-order valence-corrected chi connectivity index (χ3v) is 5.12. The second kappa shape index (κ2) is 6.63. The molecule has 1 saturated carbocycles. The van der Waals surface area contributed by atoms with Crippen molar-refractivity contribution in [3.05, 3.63) is 44.5 Å². The largest absolute Gasteiger partial charge is 0.461 e. The van der Waals surface area contributed by atoms with Gasteiger partial charge in [-0.3, -0.25) is 4.79 Å². The van der Waals surface area contributed by atoms with Gasteiger partial charge in [-0.1, -0.05) is 43.7 Å². The summed E-state index contributed by atoms with van der Waals surface area (Å²) in [7, 11) is 0. The third kappa shape index (κ3) is 4.41. The van der Waals surface area contributed by atoms with Crippen molar-refractivity contribution < 1.29 is 22.7 Å². The Morgan fingerprint density at radius 1 is 1.35 bits per heavy atom. The van der Waals surface area contributed by atoms with Gasteiger partial charge < -0.3 is 4.74 Å². The van der Waals surface area contributed by atoms with Gasteiger partial charge in [0, 0.05) is 3.57 Å². The van der Waals surface area contributed by atoms with Gasteiger partial charge in [-0.25, -0.2) is 0 Å². The maximum absolute atomic E-state index is 12.5. The van der Waals surface area contributed by atoms with Crippen LogP contribution in [0, 0.1) is 20.8 Å². The van der Waals surface area contributed by atoms with Gasteiger partial charge in [0.15, 0.2) is 0 Å². The molecule has 0 bridgehead atoms. The zero-order chi connectivity index (χ0) is 17.4. The van der Waals surface area contributed by atoms with Gasteiger partial charge >= 0.3 is 12.1 Å². The Kier molecular flexibility index (Phi) is 5.35. The lowest BCUT2D eigenvalue weighted by Crippen LogP contribution is -2.11. The maximum atomic E-state index is 12.5. The fourth-order valence-corrected chi connectivity index (χ4v) is 3.01. The standard InChI is InChI=1S/C16H15ClF3IO2/c1-15(2)11(7-12(17)16(18,19)20)13(15)14(22)23-8-9-3-5-10(21)6-4-9/h3-7,11,13H,8H2,1-2H3/b12-7-/t11-,13-/m1/s1. The Balaban J connectivity index is 1.98. The lowest BCUT2D eigenvalue weighted by molar-refractivity contribution is -0.147. The van der Waals surface area contributed by atoms with E-state index in [9.17, 15) is 18.0 Å². The smallest absolute Gasteiger partial charge is 0.426 e. The van der Waals surface area contributed by atoms with E-state index in [4.69, 9.17) is 16.3 Å². The highest BCUT2D eigenvalue weighted by atomic mass is 127. The van der Waals surface area contributed by atoms with Crippen molar-refractivity contribution in [1.29, 1.82) is 0 Å². The number of ether oxygens (including phenoxy) is 1. The Morgan fingerprint density at radius 2 is 1.91 bits per heavy atom. The second-order valence-corrected chi connectivity index (χ2v) is 7.72. The Morgan fingerprint density at radius 3 is 2.43 bits per heavy atom. The molecule has 2 nitrogen and oxygen atoms in total. The molecule has 2 rings (SSSR count). The minimum Gasteiger partial charge on any atom is -0.461 e. The highest BCUT2D eigenvalue weighted by Crippen LogP contribution is 2.60. The first-order valence-corrected chi connectivity index (χ1v) is 8.34. The number of halogens is 5. The normalized spacial score (nSPS) is 23.5. The average Bonchev–Trinajstić information content (AvgIpc) is 2.98. The highest BCUT2D eigenvalue weighted by molar-refractivity contribution is 14.1. The number of hydrogen-bond donors (Lipinski definition) is 0. The van der Waals surface area contributed by atoms with E-state index in [0.29, 0.717) is 0 Å². The van der Waals surface area contributed by atoms with E-state index in [-0.39, 0.29) is 6.61 Å². The number of esters is 1. The number of rotatable bonds is 4. The number of hydrogen-bond acceptors (Lipinski definition) is 2. The first kappa shape index (κ1) is 18.6. The van der Waals surface area contributed by atoms with Crippen molar-refractivity contribution >= 4 is 40.2 Å². The molecule has 2 atom stereocenters. The summed E-state index contributed by atoms with van der Waals surface area (Å²) in [5.74, 6) is -1.68. The van der Waals surface area contributed by atoms with Crippen molar-refractivity contribution in [2.75, 3.05) is 0 Å². The summed E-state index contributed by atoms with van der Waals surface area (Å²) in [6.07, 6.45) is -3.67. The summed E-state index contributed by atoms with van der Waals surface area (Å²) in [6.45, 7) is 3.56. The fourth-order valence-electron chi connectivity index (χ4n) is 2.52. The van der Waals surface area contributed by atoms with Gasteiger partial charge in [-0.2, -0.15) is 13.2 Å². The molecule has 0 saturated heterocycles. The van der Waals surface area contributed by atoms with Crippen LogP contribution in [0.2, 0.25) is 0 Å². The predicted molar refractivity (Wildman–Crippen MR) is 89.7 cm³/mol. The zero-order valence-corrected chi connectivity index (χ0v) is 15.4. The van der Waals surface area contributed by atoms with E-state index in [1.165, 1.54) is 0 Å². The minimum atomic E-state index is -4.59. The van der Waals surface area contributed by atoms with E-state index in [1.807, 2.05) is 24.3 Å². The average molecular weight is 459 g/mol. The molecule has 0 amide bonds. The van der Waals surface area contributed by atoms with Gasteiger partial charge in [0.2, 0.25) is 0 Å². The van der Waals surface area contributed by atoms with Gasteiger partial charge in [-0.05, 0) is 51.6 Å². The Labute approximate surface area is 151 Å². The van der Waals surface area contributed by atoms with Crippen molar-refractivity contribution in [3.63, 3.8) is 0 Å². The van der Waals surface area contributed by atoms with Gasteiger partial charge in [0.05, 0.1) is 5.92 Å². The summed E-state index contributed by atoms with van der Waals surface area (Å²) >= 11 is 7.43. The quantitative estimate of drug-likeness (QED) is 0.453. The van der Waals surface area contributed by atoms with Crippen LogP contribution >= 0.6 is 34.2 Å². The van der Waals surface area contributed by atoms with E-state index < -0.39 is 34.4 Å². The van der Waals surface area contributed by atoms with Crippen LogP contribution in [0.1, 0.15) is 19.4 Å². The summed E-state index contributed by atoms with van der Waals surface area (Å²) in [5, 5.41) is -1.19. The Hall–Kier alpha value is -0.760. The molecule has 0 radical (unpaired) electrons. The summed E-state index contributed by atoms with van der Waals surface area (Å²) in [5.41, 5.74) is 0.242. The van der Waals surface area contributed by atoms with Crippen molar-refractivity contribution in [2.24, 2.45) is 17.3 Å². The minimum absolute atomic E-state index is 0.103. The maximum Gasteiger partial charge on any atom is 0.426 e. The lowest BCUT2D eigenvalue weighted by atomic mass is 10.1. The first-order chi connectivity index (χ1) is 10.5. The number of allylic oxidation sites excluding steroid dienone is 2. The predicted octanol–water partition coefficient (Wildman–Crippen LogP) is 5.29. The summed E-state index contributed by atoms with van der Waals surface area (Å²) in [4.78, 5) is 12.1. The molecule has 0 N–H and O–H groups in total. The van der Waals surface area contributed by atoms with Crippen molar-refractivity contribution in [2.45, 2.75) is 26.6 Å². The summed E-state index contributed by atoms with van der Waals surface area (Å²) in [6, 6.07) is 7.45. The van der Waals surface area contributed by atoms with Crippen molar-refractivity contribution in [1.82, 2.24) is 0 Å².